The number of hydrogen-bond acceptors (Lipinski definition) is 1. The van der Waals surface area contributed by atoms with Crippen LogP contribution in [0.3, 0.4) is 0 Å². The van der Waals surface area contributed by atoms with Crippen molar-refractivity contribution in [3.8, 4) is 0 Å². The van der Waals surface area contributed by atoms with Crippen LogP contribution in [0.1, 0.15) is 34.0 Å². The molecule has 2 aromatic carbocycles. The SMILES string of the molecule is Cc1cc(C)c2[nH]c3c(c2c1)CCNC3c1cccc(I)c1. The number of nitrogens with one attached hydrogen (secondary N) is 2. The van der Waals surface area contributed by atoms with E-state index >= 15 is 0 Å². The molecule has 2 heterocycles. The number of H-pyrrole nitrogens is 1. The fourth-order valence-electron chi connectivity index (χ4n) is 3.66. The monoisotopic (exact) mass is 402 g/mol. The average Bonchev–Trinajstić information content (AvgIpc) is 2.86. The molecule has 112 valence electrons. The van der Waals surface area contributed by atoms with Gasteiger partial charge in [-0.3, -0.25) is 0 Å². The van der Waals surface area contributed by atoms with Crippen LogP contribution in [0.2, 0.25) is 0 Å². The van der Waals surface area contributed by atoms with E-state index in [1.807, 2.05) is 0 Å². The predicted octanol–water partition coefficient (Wildman–Crippen LogP) is 4.62. The van der Waals surface area contributed by atoms with Crippen LogP contribution in [0.25, 0.3) is 10.9 Å². The highest BCUT2D eigenvalue weighted by atomic mass is 127. The van der Waals surface area contributed by atoms with Gasteiger partial charge >= 0.3 is 0 Å². The van der Waals surface area contributed by atoms with Gasteiger partial charge in [-0.15, -0.1) is 0 Å². The van der Waals surface area contributed by atoms with Crippen LogP contribution in [0.15, 0.2) is 36.4 Å². The van der Waals surface area contributed by atoms with E-state index in [1.54, 1.807) is 0 Å². The summed E-state index contributed by atoms with van der Waals surface area (Å²) in [6.07, 6.45) is 1.10. The summed E-state index contributed by atoms with van der Waals surface area (Å²) in [7, 11) is 0. The molecule has 3 aromatic rings. The van der Waals surface area contributed by atoms with Gasteiger partial charge in [-0.2, -0.15) is 0 Å². The van der Waals surface area contributed by atoms with Crippen molar-refractivity contribution in [2.24, 2.45) is 0 Å². The molecule has 0 fully saturated rings. The molecule has 1 aliphatic heterocycles. The molecule has 1 atom stereocenters. The Balaban J connectivity index is 1.93. The number of hydrogen-bond donors (Lipinski definition) is 2. The first-order valence-corrected chi connectivity index (χ1v) is 8.82. The smallest absolute Gasteiger partial charge is 0.0732 e. The maximum Gasteiger partial charge on any atom is 0.0732 e. The largest absolute Gasteiger partial charge is 0.356 e. The average molecular weight is 402 g/mol. The summed E-state index contributed by atoms with van der Waals surface area (Å²) < 4.78 is 1.28. The molecule has 0 saturated carbocycles. The van der Waals surface area contributed by atoms with E-state index in [0.29, 0.717) is 0 Å². The second-order valence-electron chi connectivity index (χ2n) is 6.21. The first-order valence-electron chi connectivity index (χ1n) is 7.74. The number of aryl methyl sites for hydroxylation is 2. The van der Waals surface area contributed by atoms with Crippen LogP contribution >= 0.6 is 22.6 Å². The Morgan fingerprint density at radius 1 is 1.14 bits per heavy atom. The summed E-state index contributed by atoms with van der Waals surface area (Å²) in [6, 6.07) is 13.6. The third-order valence-electron chi connectivity index (χ3n) is 4.58. The molecule has 1 aromatic heterocycles. The van der Waals surface area contributed by atoms with Crippen molar-refractivity contribution in [1.29, 1.82) is 0 Å². The molecule has 4 rings (SSSR count). The third-order valence-corrected chi connectivity index (χ3v) is 5.25. The van der Waals surface area contributed by atoms with E-state index in [9.17, 15) is 0 Å². The molecular weight excluding hydrogens is 383 g/mol. The number of aromatic nitrogens is 1. The molecule has 0 aliphatic carbocycles. The minimum Gasteiger partial charge on any atom is -0.356 e. The summed E-state index contributed by atoms with van der Waals surface area (Å²) in [5.74, 6) is 0. The van der Waals surface area contributed by atoms with Crippen molar-refractivity contribution >= 4 is 33.5 Å². The van der Waals surface area contributed by atoms with Crippen LogP contribution < -0.4 is 5.32 Å². The number of fused-ring (bicyclic) bond motifs is 3. The summed E-state index contributed by atoms with van der Waals surface area (Å²) in [5, 5.41) is 5.09. The van der Waals surface area contributed by atoms with Gasteiger partial charge in [0, 0.05) is 26.7 Å². The van der Waals surface area contributed by atoms with E-state index in [0.717, 1.165) is 13.0 Å². The van der Waals surface area contributed by atoms with Crippen LogP contribution in [0.4, 0.5) is 0 Å². The van der Waals surface area contributed by atoms with Crippen molar-refractivity contribution < 1.29 is 0 Å². The minimum atomic E-state index is 0.269. The van der Waals surface area contributed by atoms with Crippen molar-refractivity contribution in [3.05, 3.63) is 67.9 Å². The third kappa shape index (κ3) is 2.27. The van der Waals surface area contributed by atoms with Gasteiger partial charge in [0.2, 0.25) is 0 Å². The van der Waals surface area contributed by atoms with Gasteiger partial charge in [0.25, 0.3) is 0 Å². The van der Waals surface area contributed by atoms with Gasteiger partial charge in [0.05, 0.1) is 6.04 Å². The standard InChI is InChI=1S/C19H19IN2/c1-11-8-12(2)17-16(9-11)15-6-7-21-18(19(15)22-17)13-4-3-5-14(20)10-13/h3-5,8-10,18,21-22H,6-7H2,1-2H3. The lowest BCUT2D eigenvalue weighted by atomic mass is 9.94. The van der Waals surface area contributed by atoms with Crippen LogP contribution in [-0.2, 0) is 6.42 Å². The van der Waals surface area contributed by atoms with Crippen molar-refractivity contribution in [2.75, 3.05) is 6.54 Å². The number of rotatable bonds is 1. The second-order valence-corrected chi connectivity index (χ2v) is 7.46. The highest BCUT2D eigenvalue weighted by Crippen LogP contribution is 2.35. The van der Waals surface area contributed by atoms with Gasteiger partial charge in [-0.25, -0.2) is 0 Å². The molecule has 2 N–H and O–H groups in total. The summed E-state index contributed by atoms with van der Waals surface area (Å²) in [5.41, 5.74) is 8.16. The molecule has 22 heavy (non-hydrogen) atoms. The van der Waals surface area contributed by atoms with E-state index in [-0.39, 0.29) is 6.04 Å². The molecule has 1 aliphatic rings. The molecule has 0 amide bonds. The predicted molar refractivity (Wildman–Crippen MR) is 100 cm³/mol. The Kier molecular flexibility index (Phi) is 3.50. The van der Waals surface area contributed by atoms with E-state index in [2.05, 4.69) is 83.1 Å². The molecule has 0 radical (unpaired) electrons. The van der Waals surface area contributed by atoms with Crippen LogP contribution in [0.5, 0.6) is 0 Å². The highest BCUT2D eigenvalue weighted by Gasteiger charge is 2.25. The molecule has 0 spiro atoms. The molecule has 0 bridgehead atoms. The van der Waals surface area contributed by atoms with E-state index < -0.39 is 0 Å². The molecule has 1 unspecified atom stereocenters. The summed E-state index contributed by atoms with van der Waals surface area (Å²) in [6.45, 7) is 5.41. The maximum absolute atomic E-state index is 3.71. The van der Waals surface area contributed by atoms with Gasteiger partial charge in [0.1, 0.15) is 0 Å². The Labute approximate surface area is 144 Å². The normalized spacial score (nSPS) is 17.7. The lowest BCUT2D eigenvalue weighted by Crippen LogP contribution is -2.30. The Hall–Kier alpha value is -1.33. The lowest BCUT2D eigenvalue weighted by molar-refractivity contribution is 0.560. The number of benzene rings is 2. The van der Waals surface area contributed by atoms with Crippen molar-refractivity contribution in [3.63, 3.8) is 0 Å². The summed E-state index contributed by atoms with van der Waals surface area (Å²) >= 11 is 2.39. The fourth-order valence-corrected chi connectivity index (χ4v) is 4.22. The minimum absolute atomic E-state index is 0.269. The lowest BCUT2D eigenvalue weighted by Gasteiger charge is -2.25. The van der Waals surface area contributed by atoms with Gasteiger partial charge < -0.3 is 10.3 Å². The van der Waals surface area contributed by atoms with Crippen molar-refractivity contribution in [1.82, 2.24) is 10.3 Å². The molecule has 2 nitrogen and oxygen atoms in total. The number of aromatic amines is 1. The molecule has 0 saturated heterocycles. The maximum atomic E-state index is 3.71. The first kappa shape index (κ1) is 14.3. The Morgan fingerprint density at radius 2 is 2.00 bits per heavy atom. The van der Waals surface area contributed by atoms with Crippen LogP contribution in [0, 0.1) is 17.4 Å². The Morgan fingerprint density at radius 3 is 2.82 bits per heavy atom. The summed E-state index contributed by atoms with van der Waals surface area (Å²) in [4.78, 5) is 3.71. The topological polar surface area (TPSA) is 27.8 Å². The zero-order chi connectivity index (χ0) is 15.3. The van der Waals surface area contributed by atoms with E-state index in [1.165, 1.54) is 42.4 Å². The van der Waals surface area contributed by atoms with Crippen molar-refractivity contribution in [2.45, 2.75) is 26.3 Å². The zero-order valence-corrected chi connectivity index (χ0v) is 15.0. The zero-order valence-electron chi connectivity index (χ0n) is 12.8. The quantitative estimate of drug-likeness (QED) is 0.571. The highest BCUT2D eigenvalue weighted by molar-refractivity contribution is 14.1. The fraction of sp³-hybridized carbons (Fsp3) is 0.263. The van der Waals surface area contributed by atoms with Gasteiger partial charge in [-0.1, -0.05) is 23.8 Å². The Bertz CT molecular complexity index is 863. The van der Waals surface area contributed by atoms with Crippen LogP contribution in [-0.4, -0.2) is 11.5 Å². The first-order chi connectivity index (χ1) is 10.6. The molecular formula is C19H19IN2. The number of halogens is 1. The van der Waals surface area contributed by atoms with E-state index in [4.69, 9.17) is 0 Å². The van der Waals surface area contributed by atoms with Gasteiger partial charge in [0.15, 0.2) is 0 Å². The molecule has 3 heteroatoms. The second kappa shape index (κ2) is 5.39. The van der Waals surface area contributed by atoms with Gasteiger partial charge in [-0.05, 0) is 77.7 Å².